The molecular weight excluding hydrogens is 485 g/mol. The predicted octanol–water partition coefficient (Wildman–Crippen LogP) is 3.17. The van der Waals surface area contributed by atoms with Crippen LogP contribution < -0.4 is 0 Å². The lowest BCUT2D eigenvalue weighted by molar-refractivity contribution is 0.0628. The summed E-state index contributed by atoms with van der Waals surface area (Å²) < 4.78 is 29.6. The van der Waals surface area contributed by atoms with Crippen molar-refractivity contribution in [3.63, 3.8) is 0 Å². The first-order valence-corrected chi connectivity index (χ1v) is 13.4. The van der Waals surface area contributed by atoms with Crippen molar-refractivity contribution >= 4 is 39.1 Å². The van der Waals surface area contributed by atoms with E-state index in [1.54, 1.807) is 4.90 Å². The molecule has 0 atom stereocenters. The van der Waals surface area contributed by atoms with Crippen LogP contribution in [0.5, 0.6) is 0 Å². The molecule has 2 saturated heterocycles. The smallest absolute Gasteiger partial charge is 0.255 e. The van der Waals surface area contributed by atoms with Crippen LogP contribution in [0.25, 0.3) is 0 Å². The first-order valence-electron chi connectivity index (χ1n) is 11.2. The first-order chi connectivity index (χ1) is 15.7. The maximum Gasteiger partial charge on any atom is 0.255 e. The third kappa shape index (κ3) is 5.22. The van der Waals surface area contributed by atoms with Crippen LogP contribution in [-0.2, 0) is 23.6 Å². The van der Waals surface area contributed by atoms with Gasteiger partial charge in [-0.3, -0.25) is 14.4 Å². The van der Waals surface area contributed by atoms with Crippen LogP contribution in [0.15, 0.2) is 23.2 Å². The Balaban J connectivity index is 1.48. The quantitative estimate of drug-likeness (QED) is 0.613. The van der Waals surface area contributed by atoms with E-state index in [9.17, 15) is 13.2 Å². The summed E-state index contributed by atoms with van der Waals surface area (Å²) in [5.41, 5.74) is 2.35. The molecule has 0 aliphatic carbocycles. The third-order valence-electron chi connectivity index (χ3n) is 6.35. The van der Waals surface area contributed by atoms with E-state index in [1.807, 2.05) is 24.9 Å². The summed E-state index contributed by atoms with van der Waals surface area (Å²) in [6.45, 7) is 6.19. The van der Waals surface area contributed by atoms with Crippen LogP contribution >= 0.6 is 23.2 Å². The number of rotatable bonds is 5. The van der Waals surface area contributed by atoms with E-state index in [0.29, 0.717) is 39.3 Å². The van der Waals surface area contributed by atoms with Crippen molar-refractivity contribution in [2.24, 2.45) is 7.05 Å². The van der Waals surface area contributed by atoms with Gasteiger partial charge in [-0.15, -0.1) is 0 Å². The molecule has 0 saturated carbocycles. The van der Waals surface area contributed by atoms with Gasteiger partial charge in [0.1, 0.15) is 4.90 Å². The molecule has 0 unspecified atom stereocenters. The molecule has 2 aliphatic rings. The first kappa shape index (κ1) is 24.5. The molecule has 33 heavy (non-hydrogen) atoms. The maximum atomic E-state index is 13.3. The Morgan fingerprint density at radius 2 is 1.67 bits per heavy atom. The largest absolute Gasteiger partial charge is 0.336 e. The molecule has 2 fully saturated rings. The van der Waals surface area contributed by atoms with Gasteiger partial charge in [-0.25, -0.2) is 8.42 Å². The van der Waals surface area contributed by atoms with Gasteiger partial charge >= 0.3 is 0 Å². The molecule has 2 aromatic rings. The summed E-state index contributed by atoms with van der Waals surface area (Å²) in [6, 6.07) is 2.72. The maximum absolute atomic E-state index is 13.3. The highest BCUT2D eigenvalue weighted by Gasteiger charge is 2.31. The van der Waals surface area contributed by atoms with Gasteiger partial charge in [0.15, 0.2) is 0 Å². The molecule has 0 radical (unpaired) electrons. The molecule has 0 N–H and O–H groups in total. The highest BCUT2D eigenvalue weighted by molar-refractivity contribution is 7.89. The number of nitrogens with zero attached hydrogens (tertiary/aromatic N) is 5. The standard InChI is InChI=1S/C22H29Cl2N5O3S/c1-16-17(14-26(2)25-16)15-27-8-10-28(11-9-27)22(30)18-12-21(20(24)13-19(18)23)33(31,32)29-6-4-3-5-7-29/h12-14H,3-11,15H2,1-2H3. The molecule has 8 nitrogen and oxygen atoms in total. The number of sulfonamides is 1. The summed E-state index contributed by atoms with van der Waals surface area (Å²) in [5.74, 6) is -0.274. The number of aromatic nitrogens is 2. The predicted molar refractivity (Wildman–Crippen MR) is 128 cm³/mol. The molecule has 1 aromatic heterocycles. The van der Waals surface area contributed by atoms with Gasteiger partial charge in [0.2, 0.25) is 10.0 Å². The zero-order chi connectivity index (χ0) is 23.8. The minimum absolute atomic E-state index is 0.0405. The number of hydrogen-bond acceptors (Lipinski definition) is 5. The second-order valence-corrected chi connectivity index (χ2v) is 11.4. The van der Waals surface area contributed by atoms with Crippen molar-refractivity contribution in [1.29, 1.82) is 0 Å². The second kappa shape index (κ2) is 9.92. The molecule has 1 amide bonds. The van der Waals surface area contributed by atoms with E-state index in [1.165, 1.54) is 22.0 Å². The Kier molecular flexibility index (Phi) is 7.35. The Hall–Kier alpha value is -1.65. The fraction of sp³-hybridized carbons (Fsp3) is 0.545. The number of benzene rings is 1. The normalized spacial score (nSPS) is 18.6. The topological polar surface area (TPSA) is 78.8 Å². The van der Waals surface area contributed by atoms with Crippen molar-refractivity contribution in [3.05, 3.63) is 45.2 Å². The Bertz CT molecular complexity index is 1140. The van der Waals surface area contributed by atoms with Crippen molar-refractivity contribution in [2.45, 2.75) is 37.6 Å². The lowest BCUT2D eigenvalue weighted by Crippen LogP contribution is -2.48. The minimum atomic E-state index is -3.79. The fourth-order valence-electron chi connectivity index (χ4n) is 4.46. The van der Waals surface area contributed by atoms with Gasteiger partial charge < -0.3 is 4.90 Å². The van der Waals surface area contributed by atoms with E-state index in [2.05, 4.69) is 10.00 Å². The number of halogens is 2. The molecule has 0 bridgehead atoms. The van der Waals surface area contributed by atoms with Crippen LogP contribution in [0.2, 0.25) is 10.0 Å². The minimum Gasteiger partial charge on any atom is -0.336 e. The Morgan fingerprint density at radius 3 is 2.27 bits per heavy atom. The van der Waals surface area contributed by atoms with Gasteiger partial charge in [0.25, 0.3) is 5.91 Å². The highest BCUT2D eigenvalue weighted by Crippen LogP contribution is 2.32. The summed E-state index contributed by atoms with van der Waals surface area (Å²) in [7, 11) is -1.88. The van der Waals surface area contributed by atoms with Gasteiger partial charge in [-0.05, 0) is 31.9 Å². The van der Waals surface area contributed by atoms with Crippen molar-refractivity contribution < 1.29 is 13.2 Å². The molecular formula is C22H29Cl2N5O3S. The number of aryl methyl sites for hydroxylation is 2. The highest BCUT2D eigenvalue weighted by atomic mass is 35.5. The molecule has 180 valence electrons. The molecule has 1 aromatic carbocycles. The van der Waals surface area contributed by atoms with E-state index in [-0.39, 0.29) is 26.4 Å². The van der Waals surface area contributed by atoms with Crippen molar-refractivity contribution in [1.82, 2.24) is 23.9 Å². The molecule has 4 rings (SSSR count). The van der Waals surface area contributed by atoms with E-state index in [0.717, 1.165) is 31.5 Å². The number of piperidine rings is 1. The number of amides is 1. The second-order valence-electron chi connectivity index (χ2n) is 8.71. The molecule has 11 heteroatoms. The fourth-order valence-corrected chi connectivity index (χ4v) is 6.80. The van der Waals surface area contributed by atoms with Crippen molar-refractivity contribution in [2.75, 3.05) is 39.3 Å². The third-order valence-corrected chi connectivity index (χ3v) is 9.03. The number of carbonyl (C=O) groups is 1. The number of carbonyl (C=O) groups excluding carboxylic acids is 1. The van der Waals surface area contributed by atoms with Gasteiger partial charge in [-0.1, -0.05) is 29.6 Å². The molecule has 0 spiro atoms. The van der Waals surface area contributed by atoms with Gasteiger partial charge in [0, 0.05) is 64.6 Å². The lowest BCUT2D eigenvalue weighted by atomic mass is 10.1. The summed E-state index contributed by atoms with van der Waals surface area (Å²) >= 11 is 12.6. The van der Waals surface area contributed by atoms with E-state index < -0.39 is 10.0 Å². The van der Waals surface area contributed by atoms with E-state index >= 15 is 0 Å². The average molecular weight is 514 g/mol. The molecule has 2 aliphatic heterocycles. The molecule has 3 heterocycles. The van der Waals surface area contributed by atoms with Crippen LogP contribution in [0, 0.1) is 6.92 Å². The summed E-state index contributed by atoms with van der Waals surface area (Å²) in [5, 5.41) is 4.59. The summed E-state index contributed by atoms with van der Waals surface area (Å²) in [4.78, 5) is 17.2. The Morgan fingerprint density at radius 1 is 1.00 bits per heavy atom. The monoisotopic (exact) mass is 513 g/mol. The van der Waals surface area contributed by atoms with Crippen molar-refractivity contribution in [3.8, 4) is 0 Å². The Labute approximate surface area is 205 Å². The number of hydrogen-bond donors (Lipinski definition) is 0. The lowest BCUT2D eigenvalue weighted by Gasteiger charge is -2.35. The van der Waals surface area contributed by atoms with Gasteiger partial charge in [-0.2, -0.15) is 9.40 Å². The SMILES string of the molecule is Cc1nn(C)cc1CN1CCN(C(=O)c2cc(S(=O)(=O)N3CCCCC3)c(Cl)cc2Cl)CC1. The van der Waals surface area contributed by atoms with E-state index in [4.69, 9.17) is 23.2 Å². The van der Waals surface area contributed by atoms with Crippen LogP contribution in [0.4, 0.5) is 0 Å². The van der Waals surface area contributed by atoms with Crippen LogP contribution in [0.3, 0.4) is 0 Å². The van der Waals surface area contributed by atoms with Crippen LogP contribution in [-0.4, -0.2) is 77.5 Å². The van der Waals surface area contributed by atoms with Crippen LogP contribution in [0.1, 0.15) is 40.9 Å². The van der Waals surface area contributed by atoms with Gasteiger partial charge in [0.05, 0.1) is 21.3 Å². The number of piperazine rings is 1. The zero-order valence-corrected chi connectivity index (χ0v) is 21.3. The summed E-state index contributed by atoms with van der Waals surface area (Å²) in [6.07, 6.45) is 4.67. The zero-order valence-electron chi connectivity index (χ0n) is 18.9. The average Bonchev–Trinajstić information content (AvgIpc) is 3.10.